The van der Waals surface area contributed by atoms with E-state index in [1.807, 2.05) is 43.3 Å². The molecule has 1 fully saturated rings. The second-order valence-corrected chi connectivity index (χ2v) is 10.7. The summed E-state index contributed by atoms with van der Waals surface area (Å²) < 4.78 is 39.7. The number of thioether (sulfide) groups is 1. The minimum Gasteiger partial charge on any atom is -0.508 e. The summed E-state index contributed by atoms with van der Waals surface area (Å²) >= 11 is 1.67. The first-order chi connectivity index (χ1) is 18.6. The van der Waals surface area contributed by atoms with Gasteiger partial charge in [0.15, 0.2) is 0 Å². The zero-order valence-corrected chi connectivity index (χ0v) is 22.4. The highest BCUT2D eigenvalue weighted by Gasteiger charge is 2.25. The molecule has 4 nitrogen and oxygen atoms in total. The number of rotatable bonds is 9. The first kappa shape index (κ1) is 26.6. The van der Waals surface area contributed by atoms with E-state index >= 15 is 4.39 Å². The Labute approximate surface area is 227 Å². The summed E-state index contributed by atoms with van der Waals surface area (Å²) in [7, 11) is 0. The quantitative estimate of drug-likeness (QED) is 0.313. The summed E-state index contributed by atoms with van der Waals surface area (Å²) in [6.45, 7) is 4.57. The Kier molecular flexibility index (Phi) is 8.55. The summed E-state index contributed by atoms with van der Waals surface area (Å²) in [4.78, 5) is 3.22. The van der Waals surface area contributed by atoms with Crippen LogP contribution in [0.5, 0.6) is 17.2 Å². The predicted octanol–water partition coefficient (Wildman–Crippen LogP) is 7.20. The van der Waals surface area contributed by atoms with Crippen LogP contribution in [0.25, 0.3) is 11.1 Å². The molecule has 38 heavy (non-hydrogen) atoms. The van der Waals surface area contributed by atoms with E-state index in [9.17, 15) is 9.50 Å². The largest absolute Gasteiger partial charge is 0.508 e. The van der Waals surface area contributed by atoms with Gasteiger partial charge in [-0.25, -0.2) is 4.39 Å². The monoisotopic (exact) mass is 537 g/mol. The van der Waals surface area contributed by atoms with Gasteiger partial charge in [0.1, 0.15) is 29.2 Å². The Balaban J connectivity index is 1.49. The zero-order valence-electron chi connectivity index (χ0n) is 21.6. The highest BCUT2D eigenvalue weighted by Crippen LogP contribution is 2.44. The Morgan fingerprint density at radius 3 is 2.58 bits per heavy atom. The lowest BCUT2D eigenvalue weighted by atomic mass is 9.88. The molecule has 1 saturated heterocycles. The van der Waals surface area contributed by atoms with Crippen LogP contribution in [0.4, 0.5) is 8.78 Å². The first-order valence-electron chi connectivity index (χ1n) is 13.2. The number of ether oxygens (including phenoxy) is 2. The summed E-state index contributed by atoms with van der Waals surface area (Å²) in [5.74, 6) is 1.97. The highest BCUT2D eigenvalue weighted by atomic mass is 32.2. The van der Waals surface area contributed by atoms with Crippen molar-refractivity contribution in [3.05, 3.63) is 83.2 Å². The minimum atomic E-state index is -0.311. The maximum absolute atomic E-state index is 15.4. The third-order valence-electron chi connectivity index (χ3n) is 7.01. The van der Waals surface area contributed by atoms with Crippen LogP contribution >= 0.6 is 11.8 Å². The summed E-state index contributed by atoms with van der Waals surface area (Å²) in [6, 6.07) is 18.4. The Hall–Kier alpha value is -3.03. The van der Waals surface area contributed by atoms with Crippen LogP contribution in [-0.2, 0) is 0 Å². The van der Waals surface area contributed by atoms with E-state index in [1.165, 1.54) is 6.07 Å². The maximum Gasteiger partial charge on any atom is 0.134 e. The molecular formula is C31H33F2NO3S. The van der Waals surface area contributed by atoms with Crippen LogP contribution in [0, 0.1) is 5.82 Å². The standard InChI is InChI=1S/C31H33F2NO3S/c1-2-36-24-9-11-26(29(33)19-24)27-13-17-38-30-18-22(35)6-10-28(30)31(27)21-4-7-23(8-5-21)37-25-12-16-34(20-25)15-3-14-32/h4-11,18-19,25,35H,2-3,12-17,20H2,1H3/t25-/m0/s1. The van der Waals surface area contributed by atoms with E-state index in [4.69, 9.17) is 9.47 Å². The minimum absolute atomic E-state index is 0.0890. The van der Waals surface area contributed by atoms with E-state index in [-0.39, 0.29) is 24.3 Å². The predicted molar refractivity (Wildman–Crippen MR) is 149 cm³/mol. The topological polar surface area (TPSA) is 41.9 Å². The number of hydrogen-bond donors (Lipinski definition) is 1. The zero-order chi connectivity index (χ0) is 26.5. The molecule has 0 unspecified atom stereocenters. The molecule has 2 heterocycles. The number of nitrogens with zero attached hydrogens (tertiary/aromatic N) is 1. The number of hydrogen-bond acceptors (Lipinski definition) is 5. The van der Waals surface area contributed by atoms with Gasteiger partial charge in [0, 0.05) is 41.9 Å². The van der Waals surface area contributed by atoms with Gasteiger partial charge in [-0.15, -0.1) is 11.8 Å². The number of alkyl halides is 1. The molecule has 0 bridgehead atoms. The van der Waals surface area contributed by atoms with Gasteiger partial charge in [-0.3, -0.25) is 9.29 Å². The van der Waals surface area contributed by atoms with Crippen molar-refractivity contribution in [3.8, 4) is 17.2 Å². The molecule has 2 aliphatic rings. The normalized spacial score (nSPS) is 17.8. The molecule has 5 rings (SSSR count). The SMILES string of the molecule is CCOc1ccc(C2=C(c3ccc(O[C@H]4CCN(CCCF)C4)cc3)c3ccc(O)cc3SCC2)c(F)c1. The van der Waals surface area contributed by atoms with Gasteiger partial charge in [-0.2, -0.15) is 0 Å². The van der Waals surface area contributed by atoms with Gasteiger partial charge in [0.25, 0.3) is 0 Å². The summed E-state index contributed by atoms with van der Waals surface area (Å²) in [6.07, 6.45) is 2.25. The van der Waals surface area contributed by atoms with Gasteiger partial charge in [-0.05, 0) is 90.9 Å². The van der Waals surface area contributed by atoms with Crippen LogP contribution in [0.2, 0.25) is 0 Å². The second kappa shape index (κ2) is 12.2. The van der Waals surface area contributed by atoms with Crippen molar-refractivity contribution in [2.24, 2.45) is 0 Å². The molecule has 0 aromatic heterocycles. The number of halogens is 2. The van der Waals surface area contributed by atoms with Gasteiger partial charge in [-0.1, -0.05) is 12.1 Å². The van der Waals surface area contributed by atoms with Crippen molar-refractivity contribution in [1.29, 1.82) is 0 Å². The number of fused-ring (bicyclic) bond motifs is 1. The van der Waals surface area contributed by atoms with E-state index < -0.39 is 0 Å². The van der Waals surface area contributed by atoms with Crippen LogP contribution in [0.3, 0.4) is 0 Å². The van der Waals surface area contributed by atoms with E-state index in [0.717, 1.165) is 64.7 Å². The van der Waals surface area contributed by atoms with Crippen molar-refractivity contribution in [3.63, 3.8) is 0 Å². The number of likely N-dealkylation sites (tertiary alicyclic amines) is 1. The van der Waals surface area contributed by atoms with Gasteiger partial charge >= 0.3 is 0 Å². The molecule has 3 aromatic carbocycles. The molecule has 0 saturated carbocycles. The van der Waals surface area contributed by atoms with Crippen LogP contribution in [-0.4, -0.2) is 54.8 Å². The second-order valence-electron chi connectivity index (χ2n) is 9.60. The lowest BCUT2D eigenvalue weighted by Crippen LogP contribution is -2.26. The number of aromatic hydroxyl groups is 1. The van der Waals surface area contributed by atoms with E-state index in [1.54, 1.807) is 30.0 Å². The number of benzene rings is 3. The Bertz CT molecular complexity index is 1290. The molecule has 200 valence electrons. The number of phenolic OH excluding ortho intramolecular Hbond substituents is 1. The molecule has 0 radical (unpaired) electrons. The fourth-order valence-electron chi connectivity index (χ4n) is 5.26. The summed E-state index contributed by atoms with van der Waals surface area (Å²) in [5.41, 5.74) is 4.38. The van der Waals surface area contributed by atoms with Crippen molar-refractivity contribution in [1.82, 2.24) is 4.90 Å². The lowest BCUT2D eigenvalue weighted by Gasteiger charge is -2.19. The van der Waals surface area contributed by atoms with Gasteiger partial charge in [0.2, 0.25) is 0 Å². The fourth-order valence-corrected chi connectivity index (χ4v) is 6.31. The van der Waals surface area contributed by atoms with Gasteiger partial charge in [0.05, 0.1) is 13.3 Å². The molecule has 7 heteroatoms. The van der Waals surface area contributed by atoms with Crippen molar-refractivity contribution in [2.75, 3.05) is 38.7 Å². The Morgan fingerprint density at radius 1 is 1.03 bits per heavy atom. The van der Waals surface area contributed by atoms with Crippen LogP contribution in [0.1, 0.15) is 42.9 Å². The summed E-state index contributed by atoms with van der Waals surface area (Å²) in [5, 5.41) is 10.1. The van der Waals surface area contributed by atoms with Crippen molar-refractivity contribution < 1.29 is 23.4 Å². The maximum atomic E-state index is 15.4. The average molecular weight is 538 g/mol. The van der Waals surface area contributed by atoms with Gasteiger partial charge < -0.3 is 14.6 Å². The molecule has 0 aliphatic carbocycles. The fraction of sp³-hybridized carbons (Fsp3) is 0.355. The smallest absolute Gasteiger partial charge is 0.134 e. The molecule has 1 atom stereocenters. The average Bonchev–Trinajstić information content (AvgIpc) is 3.27. The first-order valence-corrected chi connectivity index (χ1v) is 14.2. The third-order valence-corrected chi connectivity index (χ3v) is 8.06. The van der Waals surface area contributed by atoms with Crippen LogP contribution in [0.15, 0.2) is 65.6 Å². The van der Waals surface area contributed by atoms with E-state index in [0.29, 0.717) is 30.8 Å². The molecule has 2 aliphatic heterocycles. The van der Waals surface area contributed by atoms with E-state index in [2.05, 4.69) is 4.90 Å². The number of allylic oxidation sites excluding steroid dienone is 1. The van der Waals surface area contributed by atoms with Crippen molar-refractivity contribution >= 4 is 22.9 Å². The van der Waals surface area contributed by atoms with Crippen molar-refractivity contribution in [2.45, 2.75) is 37.2 Å². The number of phenols is 1. The van der Waals surface area contributed by atoms with Crippen LogP contribution < -0.4 is 9.47 Å². The Morgan fingerprint density at radius 2 is 1.82 bits per heavy atom. The lowest BCUT2D eigenvalue weighted by molar-refractivity contribution is 0.198. The highest BCUT2D eigenvalue weighted by molar-refractivity contribution is 7.99. The molecular weight excluding hydrogens is 504 g/mol. The molecule has 1 N–H and O–H groups in total. The third kappa shape index (κ3) is 6.00. The molecule has 3 aromatic rings. The molecule has 0 amide bonds. The molecule has 0 spiro atoms.